The lowest BCUT2D eigenvalue weighted by molar-refractivity contribution is 0.0827. The van der Waals surface area contributed by atoms with Gasteiger partial charge in [0, 0.05) is 36.9 Å². The number of hydrogen-bond acceptors (Lipinski definition) is 4. The molecular weight excluding hydrogens is 354 g/mol. The summed E-state index contributed by atoms with van der Waals surface area (Å²) in [6.07, 6.45) is 3.26. The zero-order valence-electron chi connectivity index (χ0n) is 17.1. The first kappa shape index (κ1) is 21.2. The molecule has 2 aromatic carbocycles. The molecule has 0 atom stereocenters. The fraction of sp³-hybridized carbons (Fsp3) is 0.304. The molecule has 0 saturated carbocycles. The fourth-order valence-electron chi connectivity index (χ4n) is 2.71. The summed E-state index contributed by atoms with van der Waals surface area (Å²) in [7, 11) is 3.39. The smallest absolute Gasteiger partial charge is 0.253 e. The van der Waals surface area contributed by atoms with E-state index in [1.54, 1.807) is 44.4 Å². The Kier molecular flexibility index (Phi) is 7.38. The summed E-state index contributed by atoms with van der Waals surface area (Å²) in [5.74, 6) is 1.21. The van der Waals surface area contributed by atoms with Crippen LogP contribution in [0, 0.1) is 6.92 Å². The molecule has 148 valence electrons. The summed E-state index contributed by atoms with van der Waals surface area (Å²) in [5, 5.41) is 0. The molecule has 0 radical (unpaired) electrons. The van der Waals surface area contributed by atoms with Crippen molar-refractivity contribution in [2.75, 3.05) is 27.3 Å². The summed E-state index contributed by atoms with van der Waals surface area (Å²) in [4.78, 5) is 26.0. The van der Waals surface area contributed by atoms with Gasteiger partial charge in [-0.05, 0) is 56.7 Å². The number of carbonyl (C=O) groups is 2. The molecule has 0 aliphatic heterocycles. The number of rotatable bonds is 8. The lowest BCUT2D eigenvalue weighted by Crippen LogP contribution is -2.21. The molecular formula is C23H27NO4. The van der Waals surface area contributed by atoms with Crippen molar-refractivity contribution in [3.05, 3.63) is 64.7 Å². The number of aryl methyl sites for hydroxylation is 1. The van der Waals surface area contributed by atoms with Crippen LogP contribution in [0.25, 0.3) is 6.08 Å². The molecule has 5 nitrogen and oxygen atoms in total. The van der Waals surface area contributed by atoms with Crippen LogP contribution in [0.15, 0.2) is 42.5 Å². The fourth-order valence-corrected chi connectivity index (χ4v) is 2.71. The van der Waals surface area contributed by atoms with Crippen LogP contribution >= 0.6 is 0 Å². The van der Waals surface area contributed by atoms with Crippen molar-refractivity contribution in [1.82, 2.24) is 4.90 Å². The summed E-state index contributed by atoms with van der Waals surface area (Å²) in [5.41, 5.74) is 2.86. The lowest BCUT2D eigenvalue weighted by atomic mass is 10.0. The molecule has 1 amide bonds. The van der Waals surface area contributed by atoms with Crippen LogP contribution < -0.4 is 9.47 Å². The number of ether oxygens (including phenoxy) is 2. The Hall–Kier alpha value is -3.08. The second-order valence-electron chi connectivity index (χ2n) is 6.50. The second-order valence-corrected chi connectivity index (χ2v) is 6.50. The van der Waals surface area contributed by atoms with Gasteiger partial charge in [-0.15, -0.1) is 0 Å². The Bertz CT molecular complexity index is 867. The van der Waals surface area contributed by atoms with Crippen molar-refractivity contribution < 1.29 is 19.1 Å². The van der Waals surface area contributed by atoms with E-state index < -0.39 is 0 Å². The molecule has 0 unspecified atom stereocenters. The Morgan fingerprint density at radius 3 is 2.07 bits per heavy atom. The maximum Gasteiger partial charge on any atom is 0.253 e. The first-order valence-electron chi connectivity index (χ1n) is 9.31. The summed E-state index contributed by atoms with van der Waals surface area (Å²) in [6, 6.07) is 10.4. The maximum absolute atomic E-state index is 12.5. The van der Waals surface area contributed by atoms with Gasteiger partial charge in [-0.1, -0.05) is 12.1 Å². The molecule has 5 heteroatoms. The molecule has 0 aliphatic rings. The van der Waals surface area contributed by atoms with Gasteiger partial charge in [0.25, 0.3) is 5.91 Å². The predicted octanol–water partition coefficient (Wildman–Crippen LogP) is 4.39. The van der Waals surface area contributed by atoms with Gasteiger partial charge in [-0.25, -0.2) is 0 Å². The van der Waals surface area contributed by atoms with Crippen molar-refractivity contribution in [3.63, 3.8) is 0 Å². The molecule has 0 N–H and O–H groups in total. The van der Waals surface area contributed by atoms with Crippen molar-refractivity contribution in [2.45, 2.75) is 20.8 Å². The SMILES string of the molecule is CCOc1cc(OCC)c(/C=C/C(=O)c2ccc(C(=O)N(C)C)cc2)cc1C. The highest BCUT2D eigenvalue weighted by atomic mass is 16.5. The molecule has 0 aromatic heterocycles. The zero-order chi connectivity index (χ0) is 20.7. The van der Waals surface area contributed by atoms with E-state index in [4.69, 9.17) is 9.47 Å². The van der Waals surface area contributed by atoms with E-state index in [0.29, 0.717) is 30.1 Å². The number of amides is 1. The third kappa shape index (κ3) is 5.22. The third-order valence-electron chi connectivity index (χ3n) is 4.14. The molecule has 0 saturated heterocycles. The van der Waals surface area contributed by atoms with Gasteiger partial charge in [0.2, 0.25) is 0 Å². The highest BCUT2D eigenvalue weighted by molar-refractivity contribution is 6.07. The molecule has 0 bridgehead atoms. The number of carbonyl (C=O) groups excluding carboxylic acids is 2. The van der Waals surface area contributed by atoms with E-state index in [1.807, 2.05) is 32.9 Å². The molecule has 0 aliphatic carbocycles. The standard InChI is InChI=1S/C23H27NO4/c1-6-27-21-15-22(28-7-2)19(14-16(21)3)12-13-20(25)17-8-10-18(11-9-17)23(26)24(4)5/h8-15H,6-7H2,1-5H3/b13-12+. The van der Waals surface area contributed by atoms with Crippen molar-refractivity contribution in [2.24, 2.45) is 0 Å². The maximum atomic E-state index is 12.5. The minimum Gasteiger partial charge on any atom is -0.493 e. The Balaban J connectivity index is 2.23. The predicted molar refractivity (Wildman–Crippen MR) is 111 cm³/mol. The van der Waals surface area contributed by atoms with Gasteiger partial charge in [-0.3, -0.25) is 9.59 Å². The second kappa shape index (κ2) is 9.74. The minimum atomic E-state index is -0.141. The zero-order valence-corrected chi connectivity index (χ0v) is 17.1. The van der Waals surface area contributed by atoms with E-state index >= 15 is 0 Å². The molecule has 0 spiro atoms. The van der Waals surface area contributed by atoms with Gasteiger partial charge < -0.3 is 14.4 Å². The number of nitrogens with zero attached hydrogens (tertiary/aromatic N) is 1. The van der Waals surface area contributed by atoms with Crippen LogP contribution in [0.1, 0.15) is 45.7 Å². The highest BCUT2D eigenvalue weighted by Gasteiger charge is 2.11. The molecule has 2 rings (SSSR count). The monoisotopic (exact) mass is 381 g/mol. The first-order chi connectivity index (χ1) is 13.4. The normalized spacial score (nSPS) is 10.8. The lowest BCUT2D eigenvalue weighted by Gasteiger charge is -2.13. The largest absolute Gasteiger partial charge is 0.493 e. The van der Waals surface area contributed by atoms with Crippen LogP contribution in [-0.4, -0.2) is 43.9 Å². The van der Waals surface area contributed by atoms with E-state index in [1.165, 1.54) is 11.0 Å². The van der Waals surface area contributed by atoms with Gasteiger partial charge in [0.1, 0.15) is 11.5 Å². The van der Waals surface area contributed by atoms with Crippen molar-refractivity contribution >= 4 is 17.8 Å². The molecule has 0 fully saturated rings. The average molecular weight is 381 g/mol. The Labute approximate surface area is 166 Å². The third-order valence-corrected chi connectivity index (χ3v) is 4.14. The quantitative estimate of drug-likeness (QED) is 0.503. The van der Waals surface area contributed by atoms with E-state index in [2.05, 4.69) is 0 Å². The van der Waals surface area contributed by atoms with Crippen LogP contribution in [0.5, 0.6) is 11.5 Å². The summed E-state index contributed by atoms with van der Waals surface area (Å²) < 4.78 is 11.3. The number of allylic oxidation sites excluding steroid dienone is 1. The highest BCUT2D eigenvalue weighted by Crippen LogP contribution is 2.30. The summed E-state index contributed by atoms with van der Waals surface area (Å²) >= 11 is 0. The van der Waals surface area contributed by atoms with Gasteiger partial charge in [0.15, 0.2) is 5.78 Å². The number of ketones is 1. The van der Waals surface area contributed by atoms with Crippen molar-refractivity contribution in [3.8, 4) is 11.5 Å². The topological polar surface area (TPSA) is 55.8 Å². The number of hydrogen-bond donors (Lipinski definition) is 0. The van der Waals surface area contributed by atoms with Crippen LogP contribution in [0.3, 0.4) is 0 Å². The molecule has 28 heavy (non-hydrogen) atoms. The van der Waals surface area contributed by atoms with E-state index in [0.717, 1.165) is 16.9 Å². The van der Waals surface area contributed by atoms with Crippen LogP contribution in [0.2, 0.25) is 0 Å². The summed E-state index contributed by atoms with van der Waals surface area (Å²) in [6.45, 7) is 6.90. The van der Waals surface area contributed by atoms with E-state index in [9.17, 15) is 9.59 Å². The van der Waals surface area contributed by atoms with Gasteiger partial charge in [0.05, 0.1) is 13.2 Å². The van der Waals surface area contributed by atoms with E-state index in [-0.39, 0.29) is 11.7 Å². The van der Waals surface area contributed by atoms with Crippen molar-refractivity contribution in [1.29, 1.82) is 0 Å². The average Bonchev–Trinajstić information content (AvgIpc) is 2.68. The van der Waals surface area contributed by atoms with Crippen LogP contribution in [-0.2, 0) is 0 Å². The van der Waals surface area contributed by atoms with Crippen LogP contribution in [0.4, 0.5) is 0 Å². The molecule has 0 heterocycles. The first-order valence-corrected chi connectivity index (χ1v) is 9.31. The Morgan fingerprint density at radius 1 is 0.929 bits per heavy atom. The Morgan fingerprint density at radius 2 is 1.50 bits per heavy atom. The van der Waals surface area contributed by atoms with Gasteiger partial charge in [-0.2, -0.15) is 0 Å². The minimum absolute atomic E-state index is 0.0965. The van der Waals surface area contributed by atoms with Gasteiger partial charge >= 0.3 is 0 Å². The molecule has 2 aromatic rings. The number of benzene rings is 2.